The summed E-state index contributed by atoms with van der Waals surface area (Å²) < 4.78 is 5.14. The monoisotopic (exact) mass is 323 g/mol. The first-order valence-corrected chi connectivity index (χ1v) is 7.44. The minimum absolute atomic E-state index is 0.127. The van der Waals surface area contributed by atoms with E-state index in [0.717, 1.165) is 16.9 Å². The van der Waals surface area contributed by atoms with Crippen molar-refractivity contribution in [2.45, 2.75) is 13.5 Å². The van der Waals surface area contributed by atoms with Crippen LogP contribution in [0.2, 0.25) is 0 Å². The third kappa shape index (κ3) is 3.27. The molecule has 3 aromatic rings. The lowest BCUT2D eigenvalue weighted by Crippen LogP contribution is -2.04. The molecule has 0 bridgehead atoms. The van der Waals surface area contributed by atoms with Gasteiger partial charge in [0.25, 0.3) is 0 Å². The molecule has 122 valence electrons. The summed E-state index contributed by atoms with van der Waals surface area (Å²) in [5.41, 5.74) is 3.42. The number of aryl methyl sites for hydroxylation is 1. The van der Waals surface area contributed by atoms with Gasteiger partial charge < -0.3 is 15.2 Å². The highest BCUT2D eigenvalue weighted by molar-refractivity contribution is 5.92. The molecule has 0 amide bonds. The number of carboxylic acids is 1. The predicted octanol–water partition coefficient (Wildman–Crippen LogP) is 3.26. The van der Waals surface area contributed by atoms with Crippen LogP contribution in [-0.2, 0) is 6.54 Å². The Balaban J connectivity index is 1.84. The first kappa shape index (κ1) is 15.7. The molecule has 24 heavy (non-hydrogen) atoms. The molecule has 0 atom stereocenters. The van der Waals surface area contributed by atoms with Crippen LogP contribution in [0, 0.1) is 6.92 Å². The lowest BCUT2D eigenvalue weighted by molar-refractivity contribution is 0.0696. The van der Waals surface area contributed by atoms with E-state index < -0.39 is 5.97 Å². The molecule has 6 nitrogen and oxygen atoms in total. The summed E-state index contributed by atoms with van der Waals surface area (Å²) in [5, 5.41) is 12.3. The van der Waals surface area contributed by atoms with E-state index in [4.69, 9.17) is 9.84 Å². The van der Waals surface area contributed by atoms with E-state index in [-0.39, 0.29) is 5.56 Å². The van der Waals surface area contributed by atoms with Gasteiger partial charge in [0.1, 0.15) is 11.6 Å². The number of nitrogens with zero attached hydrogens (tertiary/aromatic N) is 2. The van der Waals surface area contributed by atoms with Crippen molar-refractivity contribution >= 4 is 22.8 Å². The number of anilines is 1. The van der Waals surface area contributed by atoms with E-state index in [1.54, 1.807) is 7.11 Å². The Hall–Kier alpha value is -3.15. The highest BCUT2D eigenvalue weighted by atomic mass is 16.5. The summed E-state index contributed by atoms with van der Waals surface area (Å²) in [6.45, 7) is 2.53. The number of nitrogens with one attached hydrogen (secondary N) is 1. The molecule has 2 N–H and O–H groups in total. The van der Waals surface area contributed by atoms with E-state index in [1.165, 1.54) is 12.3 Å². The maximum atomic E-state index is 11.1. The highest BCUT2D eigenvalue weighted by Gasteiger charge is 2.09. The molecule has 6 heteroatoms. The lowest BCUT2D eigenvalue weighted by Gasteiger charge is -2.09. The third-order valence-electron chi connectivity index (χ3n) is 3.71. The molecule has 2 aromatic heterocycles. The van der Waals surface area contributed by atoms with E-state index in [1.807, 2.05) is 37.3 Å². The minimum Gasteiger partial charge on any atom is -0.497 e. The van der Waals surface area contributed by atoms with Crippen molar-refractivity contribution in [3.05, 3.63) is 59.3 Å². The second-order valence-corrected chi connectivity index (χ2v) is 5.42. The summed E-state index contributed by atoms with van der Waals surface area (Å²) in [4.78, 5) is 19.7. The molecule has 2 heterocycles. The van der Waals surface area contributed by atoms with Crippen molar-refractivity contribution in [3.63, 3.8) is 0 Å². The molecule has 0 aliphatic rings. The number of pyridine rings is 2. The fourth-order valence-corrected chi connectivity index (χ4v) is 2.42. The average Bonchev–Trinajstić information content (AvgIpc) is 2.60. The highest BCUT2D eigenvalue weighted by Crippen LogP contribution is 2.20. The number of methoxy groups -OCH3 is 1. The fourth-order valence-electron chi connectivity index (χ4n) is 2.42. The maximum Gasteiger partial charge on any atom is 0.337 e. The van der Waals surface area contributed by atoms with Gasteiger partial charge in [-0.1, -0.05) is 12.1 Å². The number of rotatable bonds is 5. The molecular formula is C18H17N3O3. The van der Waals surface area contributed by atoms with E-state index >= 15 is 0 Å². The molecule has 0 fully saturated rings. The summed E-state index contributed by atoms with van der Waals surface area (Å²) in [6.07, 6.45) is 1.35. The SMILES string of the molecule is COc1ccc(CNc2cc(C)c3ncc(C(=O)O)cc3n2)cc1. The van der Waals surface area contributed by atoms with Crippen LogP contribution in [0.4, 0.5) is 5.82 Å². The van der Waals surface area contributed by atoms with Gasteiger partial charge in [-0.25, -0.2) is 9.78 Å². The Morgan fingerprint density at radius 1 is 1.25 bits per heavy atom. The third-order valence-corrected chi connectivity index (χ3v) is 3.71. The van der Waals surface area contributed by atoms with Gasteiger partial charge in [-0.05, 0) is 42.3 Å². The predicted molar refractivity (Wildman–Crippen MR) is 91.6 cm³/mol. The Labute approximate surface area is 139 Å². The van der Waals surface area contributed by atoms with Crippen LogP contribution in [0.25, 0.3) is 11.0 Å². The van der Waals surface area contributed by atoms with Crippen LogP contribution in [0.1, 0.15) is 21.5 Å². The molecule has 1 aromatic carbocycles. The number of hydrogen-bond donors (Lipinski definition) is 2. The Bertz CT molecular complexity index is 892. The zero-order chi connectivity index (χ0) is 17.1. The van der Waals surface area contributed by atoms with Crippen molar-refractivity contribution in [2.24, 2.45) is 0 Å². The van der Waals surface area contributed by atoms with Gasteiger partial charge >= 0.3 is 5.97 Å². The number of hydrogen-bond acceptors (Lipinski definition) is 5. The van der Waals surface area contributed by atoms with E-state index in [2.05, 4.69) is 15.3 Å². The van der Waals surface area contributed by atoms with Gasteiger partial charge in [0.2, 0.25) is 0 Å². The van der Waals surface area contributed by atoms with Crippen LogP contribution in [-0.4, -0.2) is 28.2 Å². The van der Waals surface area contributed by atoms with Crippen LogP contribution in [0.3, 0.4) is 0 Å². The zero-order valence-corrected chi connectivity index (χ0v) is 13.4. The smallest absolute Gasteiger partial charge is 0.337 e. The van der Waals surface area contributed by atoms with Gasteiger partial charge in [-0.3, -0.25) is 4.98 Å². The standard InChI is InChI=1S/C18H17N3O3/c1-11-7-16(19-9-12-3-5-14(24-2)6-4-12)21-15-8-13(18(22)23)10-20-17(11)15/h3-8,10H,9H2,1-2H3,(H,19,21)(H,22,23). The molecule has 0 spiro atoms. The number of carboxylic acid groups (broad SMARTS) is 1. The first-order chi connectivity index (χ1) is 11.6. The van der Waals surface area contributed by atoms with Crippen molar-refractivity contribution < 1.29 is 14.6 Å². The summed E-state index contributed by atoms with van der Waals surface area (Å²) in [7, 11) is 1.63. The quantitative estimate of drug-likeness (QED) is 0.750. The Morgan fingerprint density at radius 3 is 2.67 bits per heavy atom. The first-order valence-electron chi connectivity index (χ1n) is 7.44. The molecule has 0 radical (unpaired) electrons. The van der Waals surface area contributed by atoms with E-state index in [0.29, 0.717) is 23.4 Å². The molecule has 0 saturated carbocycles. The summed E-state index contributed by atoms with van der Waals surface area (Å²) in [6, 6.07) is 11.2. The van der Waals surface area contributed by atoms with Gasteiger partial charge in [0.05, 0.1) is 23.7 Å². The second-order valence-electron chi connectivity index (χ2n) is 5.42. The van der Waals surface area contributed by atoms with Crippen LogP contribution in [0.15, 0.2) is 42.6 Å². The van der Waals surface area contributed by atoms with Crippen molar-refractivity contribution in [1.82, 2.24) is 9.97 Å². The van der Waals surface area contributed by atoms with Crippen LogP contribution < -0.4 is 10.1 Å². The number of benzene rings is 1. The molecule has 0 unspecified atom stereocenters. The topological polar surface area (TPSA) is 84.3 Å². The van der Waals surface area contributed by atoms with Crippen molar-refractivity contribution in [1.29, 1.82) is 0 Å². The number of aromatic carboxylic acids is 1. The number of fused-ring (bicyclic) bond motifs is 1. The fraction of sp³-hybridized carbons (Fsp3) is 0.167. The Kier molecular flexibility index (Phi) is 4.29. The number of aromatic nitrogens is 2. The zero-order valence-electron chi connectivity index (χ0n) is 13.4. The molecular weight excluding hydrogens is 306 g/mol. The molecule has 0 saturated heterocycles. The van der Waals surface area contributed by atoms with Gasteiger partial charge in [-0.15, -0.1) is 0 Å². The normalized spacial score (nSPS) is 10.6. The second kappa shape index (κ2) is 6.54. The van der Waals surface area contributed by atoms with Gasteiger partial charge in [-0.2, -0.15) is 0 Å². The van der Waals surface area contributed by atoms with Gasteiger partial charge in [0, 0.05) is 12.7 Å². The molecule has 0 aliphatic carbocycles. The largest absolute Gasteiger partial charge is 0.497 e. The molecule has 0 aliphatic heterocycles. The average molecular weight is 323 g/mol. The summed E-state index contributed by atoms with van der Waals surface area (Å²) in [5.74, 6) is 0.478. The van der Waals surface area contributed by atoms with Crippen LogP contribution in [0.5, 0.6) is 5.75 Å². The van der Waals surface area contributed by atoms with Crippen molar-refractivity contribution in [2.75, 3.05) is 12.4 Å². The number of ether oxygens (including phenoxy) is 1. The van der Waals surface area contributed by atoms with Crippen molar-refractivity contribution in [3.8, 4) is 5.75 Å². The molecule has 3 rings (SSSR count). The lowest BCUT2D eigenvalue weighted by atomic mass is 10.1. The Morgan fingerprint density at radius 2 is 2.00 bits per heavy atom. The minimum atomic E-state index is -1.01. The summed E-state index contributed by atoms with van der Waals surface area (Å²) >= 11 is 0. The maximum absolute atomic E-state index is 11.1. The van der Waals surface area contributed by atoms with E-state index in [9.17, 15) is 4.79 Å². The van der Waals surface area contributed by atoms with Gasteiger partial charge in [0.15, 0.2) is 0 Å². The number of carbonyl (C=O) groups is 1. The van der Waals surface area contributed by atoms with Crippen LogP contribution >= 0.6 is 0 Å².